The van der Waals surface area contributed by atoms with Crippen LogP contribution in [-0.2, 0) is 24.1 Å². The highest BCUT2D eigenvalue weighted by Crippen LogP contribution is 2.22. The van der Waals surface area contributed by atoms with Crippen molar-refractivity contribution in [1.82, 2.24) is 15.6 Å². The van der Waals surface area contributed by atoms with Crippen LogP contribution in [0.1, 0.15) is 29.3 Å². The van der Waals surface area contributed by atoms with Crippen molar-refractivity contribution in [3.63, 3.8) is 0 Å². The average Bonchev–Trinajstić information content (AvgIpc) is 3.21. The minimum atomic E-state index is 0. The van der Waals surface area contributed by atoms with Crippen molar-refractivity contribution in [3.8, 4) is 0 Å². The van der Waals surface area contributed by atoms with Crippen LogP contribution in [0.25, 0.3) is 0 Å². The summed E-state index contributed by atoms with van der Waals surface area (Å²) in [5, 5.41) is 7.96. The van der Waals surface area contributed by atoms with Gasteiger partial charge in [0, 0.05) is 49.4 Å². The van der Waals surface area contributed by atoms with Crippen LogP contribution < -0.4 is 15.5 Å². The number of aliphatic imine (C=N–C) groups is 1. The van der Waals surface area contributed by atoms with Crippen LogP contribution in [0.3, 0.4) is 0 Å². The van der Waals surface area contributed by atoms with Crippen molar-refractivity contribution in [2.75, 3.05) is 44.3 Å². The second kappa shape index (κ2) is 13.0. The topological polar surface area (TPSA) is 61.8 Å². The number of guanidine groups is 1. The number of morpholine rings is 1. The summed E-state index contributed by atoms with van der Waals surface area (Å²) in [4.78, 5) is 13.0. The summed E-state index contributed by atoms with van der Waals surface area (Å²) in [6, 6.07) is 8.53. The summed E-state index contributed by atoms with van der Waals surface area (Å²) in [6.07, 6.45) is 3.96. The lowest BCUT2D eigenvalue weighted by atomic mass is 10.1. The van der Waals surface area contributed by atoms with Crippen molar-refractivity contribution in [1.29, 1.82) is 0 Å². The molecule has 1 saturated heterocycles. The van der Waals surface area contributed by atoms with Crippen LogP contribution in [0.15, 0.2) is 35.5 Å². The molecular formula is C21H32IN5OS. The summed E-state index contributed by atoms with van der Waals surface area (Å²) >= 11 is 1.80. The fourth-order valence-corrected chi connectivity index (χ4v) is 4.04. The zero-order chi connectivity index (χ0) is 19.6. The van der Waals surface area contributed by atoms with Crippen molar-refractivity contribution >= 4 is 47.0 Å². The Labute approximate surface area is 195 Å². The lowest BCUT2D eigenvalue weighted by Crippen LogP contribution is -2.38. The second-order valence-electron chi connectivity index (χ2n) is 6.67. The Morgan fingerprint density at radius 3 is 2.72 bits per heavy atom. The van der Waals surface area contributed by atoms with Gasteiger partial charge < -0.3 is 20.3 Å². The molecule has 1 aromatic carbocycles. The van der Waals surface area contributed by atoms with E-state index in [1.54, 1.807) is 11.3 Å². The van der Waals surface area contributed by atoms with Crippen LogP contribution in [0.4, 0.5) is 5.69 Å². The maximum Gasteiger partial charge on any atom is 0.191 e. The fraction of sp³-hybridized carbons (Fsp3) is 0.524. The molecule has 160 valence electrons. The zero-order valence-electron chi connectivity index (χ0n) is 17.3. The van der Waals surface area contributed by atoms with E-state index in [-0.39, 0.29) is 24.0 Å². The Morgan fingerprint density at radius 2 is 2.00 bits per heavy atom. The van der Waals surface area contributed by atoms with E-state index in [9.17, 15) is 0 Å². The smallest absolute Gasteiger partial charge is 0.191 e. The first-order valence-electron chi connectivity index (χ1n) is 10.2. The predicted octanol–water partition coefficient (Wildman–Crippen LogP) is 3.46. The standard InChI is InChI=1S/C21H31N5OS.HI/c1-3-18-16-24-20(28-18)9-10-23-21(22-4-2)25-15-17-7-5-6-8-19(17)26-11-13-27-14-12-26;/h5-8,16H,3-4,9-15H2,1-2H3,(H2,22,23,25);1H. The second-order valence-corrected chi connectivity index (χ2v) is 7.87. The van der Waals surface area contributed by atoms with Crippen molar-refractivity contribution < 1.29 is 4.74 Å². The molecule has 3 rings (SSSR count). The van der Waals surface area contributed by atoms with E-state index in [1.165, 1.54) is 21.1 Å². The molecule has 1 fully saturated rings. The number of benzene rings is 1. The fourth-order valence-electron chi connectivity index (χ4n) is 3.18. The lowest BCUT2D eigenvalue weighted by molar-refractivity contribution is 0.122. The van der Waals surface area contributed by atoms with Gasteiger partial charge in [0.15, 0.2) is 5.96 Å². The number of aryl methyl sites for hydroxylation is 1. The third-order valence-electron chi connectivity index (χ3n) is 4.68. The molecule has 0 radical (unpaired) electrons. The number of thiazole rings is 1. The Morgan fingerprint density at radius 1 is 1.21 bits per heavy atom. The molecule has 0 aliphatic carbocycles. The number of anilines is 1. The number of nitrogens with zero attached hydrogens (tertiary/aromatic N) is 3. The number of hydrogen-bond donors (Lipinski definition) is 2. The van der Waals surface area contributed by atoms with Gasteiger partial charge in [-0.05, 0) is 25.0 Å². The molecule has 0 amide bonds. The maximum atomic E-state index is 5.49. The molecule has 0 saturated carbocycles. The number of halogens is 1. The van der Waals surface area contributed by atoms with E-state index in [4.69, 9.17) is 9.73 Å². The largest absolute Gasteiger partial charge is 0.378 e. The first kappa shape index (κ1) is 23.9. The van der Waals surface area contributed by atoms with Gasteiger partial charge in [-0.1, -0.05) is 25.1 Å². The molecule has 0 spiro atoms. The minimum absolute atomic E-state index is 0. The molecule has 0 bridgehead atoms. The normalized spacial score (nSPS) is 14.4. The van der Waals surface area contributed by atoms with Gasteiger partial charge in [0.25, 0.3) is 0 Å². The molecule has 0 atom stereocenters. The van der Waals surface area contributed by atoms with Gasteiger partial charge in [-0.3, -0.25) is 0 Å². The molecule has 0 unspecified atom stereocenters. The number of rotatable bonds is 8. The number of hydrogen-bond acceptors (Lipinski definition) is 5. The van der Waals surface area contributed by atoms with E-state index in [2.05, 4.69) is 58.6 Å². The van der Waals surface area contributed by atoms with Crippen LogP contribution in [0.2, 0.25) is 0 Å². The highest BCUT2D eigenvalue weighted by atomic mass is 127. The molecule has 2 aromatic rings. The first-order chi connectivity index (χ1) is 13.8. The predicted molar refractivity (Wildman–Crippen MR) is 133 cm³/mol. The minimum Gasteiger partial charge on any atom is -0.378 e. The molecule has 1 aromatic heterocycles. The van der Waals surface area contributed by atoms with E-state index >= 15 is 0 Å². The third kappa shape index (κ3) is 7.42. The Kier molecular flexibility index (Phi) is 10.7. The van der Waals surface area contributed by atoms with Gasteiger partial charge in [-0.25, -0.2) is 9.98 Å². The Hall–Kier alpha value is -1.39. The van der Waals surface area contributed by atoms with Crippen LogP contribution in [-0.4, -0.2) is 50.3 Å². The third-order valence-corrected chi connectivity index (χ3v) is 5.88. The molecular weight excluding hydrogens is 497 g/mol. The highest BCUT2D eigenvalue weighted by molar-refractivity contribution is 14.0. The average molecular weight is 529 g/mol. The van der Waals surface area contributed by atoms with Gasteiger partial charge in [0.1, 0.15) is 0 Å². The van der Waals surface area contributed by atoms with E-state index < -0.39 is 0 Å². The van der Waals surface area contributed by atoms with Gasteiger partial charge >= 0.3 is 0 Å². The van der Waals surface area contributed by atoms with E-state index in [0.29, 0.717) is 6.54 Å². The summed E-state index contributed by atoms with van der Waals surface area (Å²) in [5.41, 5.74) is 2.51. The molecule has 6 nitrogen and oxygen atoms in total. The summed E-state index contributed by atoms with van der Waals surface area (Å²) in [7, 11) is 0. The Balaban J connectivity index is 0.00000300. The van der Waals surface area contributed by atoms with Gasteiger partial charge in [-0.15, -0.1) is 35.3 Å². The highest BCUT2D eigenvalue weighted by Gasteiger charge is 2.14. The first-order valence-corrected chi connectivity index (χ1v) is 11.0. The van der Waals surface area contributed by atoms with Gasteiger partial charge in [-0.2, -0.15) is 0 Å². The molecule has 2 N–H and O–H groups in total. The molecule has 2 heterocycles. The summed E-state index contributed by atoms with van der Waals surface area (Å²) in [6.45, 7) is 10.0. The summed E-state index contributed by atoms with van der Waals surface area (Å²) in [5.74, 6) is 0.853. The Bertz CT molecular complexity index is 761. The SMILES string of the molecule is CCNC(=NCc1ccccc1N1CCOCC1)NCCc1ncc(CC)s1.I. The number of para-hydroxylation sites is 1. The van der Waals surface area contributed by atoms with Crippen LogP contribution in [0.5, 0.6) is 0 Å². The molecule has 29 heavy (non-hydrogen) atoms. The van der Waals surface area contributed by atoms with Crippen molar-refractivity contribution in [3.05, 3.63) is 45.9 Å². The van der Waals surface area contributed by atoms with Gasteiger partial charge in [0.2, 0.25) is 0 Å². The van der Waals surface area contributed by atoms with Crippen LogP contribution in [0, 0.1) is 0 Å². The quantitative estimate of drug-likeness (QED) is 0.312. The van der Waals surface area contributed by atoms with Gasteiger partial charge in [0.05, 0.1) is 24.8 Å². The molecule has 1 aliphatic heterocycles. The zero-order valence-corrected chi connectivity index (χ0v) is 20.5. The van der Waals surface area contributed by atoms with Crippen molar-refractivity contribution in [2.45, 2.75) is 33.2 Å². The van der Waals surface area contributed by atoms with E-state index in [0.717, 1.165) is 58.2 Å². The molecule has 8 heteroatoms. The summed E-state index contributed by atoms with van der Waals surface area (Å²) < 4.78 is 5.49. The lowest BCUT2D eigenvalue weighted by Gasteiger charge is -2.30. The van der Waals surface area contributed by atoms with Crippen LogP contribution >= 0.6 is 35.3 Å². The monoisotopic (exact) mass is 529 g/mol. The molecule has 1 aliphatic rings. The van der Waals surface area contributed by atoms with E-state index in [1.807, 2.05) is 6.20 Å². The number of aromatic nitrogens is 1. The van der Waals surface area contributed by atoms with Crippen molar-refractivity contribution in [2.24, 2.45) is 4.99 Å². The maximum absolute atomic E-state index is 5.49. The number of nitrogens with one attached hydrogen (secondary N) is 2. The number of ether oxygens (including phenoxy) is 1.